The van der Waals surface area contributed by atoms with Gasteiger partial charge in [-0.3, -0.25) is 4.79 Å². The summed E-state index contributed by atoms with van der Waals surface area (Å²) >= 11 is 3.45. The summed E-state index contributed by atoms with van der Waals surface area (Å²) in [6.07, 6.45) is 3.98. The van der Waals surface area contributed by atoms with Crippen molar-refractivity contribution in [1.82, 2.24) is 20.0 Å². The zero-order chi connectivity index (χ0) is 15.5. The average Bonchev–Trinajstić information content (AvgIpc) is 3.04. The molecule has 0 radical (unpaired) electrons. The highest BCUT2D eigenvalue weighted by molar-refractivity contribution is 9.10. The van der Waals surface area contributed by atoms with Crippen molar-refractivity contribution in [3.05, 3.63) is 46.7 Å². The minimum absolute atomic E-state index is 0.00805. The number of likely N-dealkylation sites (tertiary alicyclic amines) is 1. The summed E-state index contributed by atoms with van der Waals surface area (Å²) < 4.78 is 2.72. The molecule has 0 spiro atoms. The van der Waals surface area contributed by atoms with E-state index in [4.69, 9.17) is 0 Å². The summed E-state index contributed by atoms with van der Waals surface area (Å²) in [4.78, 5) is 14.5. The van der Waals surface area contributed by atoms with E-state index in [0.717, 1.165) is 36.1 Å². The predicted molar refractivity (Wildman–Crippen MR) is 89.2 cm³/mol. The molecule has 1 aromatic carbocycles. The smallest absolute Gasteiger partial charge is 0.274 e. The van der Waals surface area contributed by atoms with Crippen LogP contribution in [0.15, 0.2) is 41.0 Å². The van der Waals surface area contributed by atoms with Gasteiger partial charge in [0, 0.05) is 29.8 Å². The monoisotopic (exact) mass is 362 g/mol. The van der Waals surface area contributed by atoms with Gasteiger partial charge in [0.1, 0.15) is 0 Å². The first-order valence-electron chi connectivity index (χ1n) is 7.45. The fourth-order valence-corrected chi connectivity index (χ4v) is 3.15. The first-order valence-corrected chi connectivity index (χ1v) is 8.25. The lowest BCUT2D eigenvalue weighted by molar-refractivity contribution is 0.0691. The van der Waals surface area contributed by atoms with Gasteiger partial charge in [0.05, 0.1) is 5.69 Å². The molecule has 22 heavy (non-hydrogen) atoms. The molecule has 0 saturated carbocycles. The Morgan fingerprint density at radius 3 is 3.05 bits per heavy atom. The number of aromatic nitrogens is 2. The minimum atomic E-state index is 0.00805. The normalized spacial score (nSPS) is 18.5. The molecule has 5 nitrogen and oxygen atoms in total. The van der Waals surface area contributed by atoms with Gasteiger partial charge in [-0.2, -0.15) is 5.10 Å². The molecule has 1 aromatic heterocycles. The second-order valence-electron chi connectivity index (χ2n) is 5.50. The highest BCUT2D eigenvalue weighted by atomic mass is 79.9. The predicted octanol–water partition coefficient (Wildman–Crippen LogP) is 2.46. The van der Waals surface area contributed by atoms with E-state index in [0.29, 0.717) is 11.7 Å². The van der Waals surface area contributed by atoms with Gasteiger partial charge >= 0.3 is 0 Å². The molecular weight excluding hydrogens is 344 g/mol. The van der Waals surface area contributed by atoms with Gasteiger partial charge in [0.15, 0.2) is 5.69 Å². The van der Waals surface area contributed by atoms with Gasteiger partial charge in [-0.15, -0.1) is 0 Å². The molecule has 2 aromatic rings. The number of likely N-dealkylation sites (N-methyl/N-ethyl adjacent to an activating group) is 1. The van der Waals surface area contributed by atoms with Crippen LogP contribution in [0.3, 0.4) is 0 Å². The molecule has 0 unspecified atom stereocenters. The van der Waals surface area contributed by atoms with E-state index in [-0.39, 0.29) is 5.91 Å². The first kappa shape index (κ1) is 15.2. The van der Waals surface area contributed by atoms with Crippen LogP contribution in [0.4, 0.5) is 0 Å². The Bertz CT molecular complexity index is 670. The second kappa shape index (κ2) is 6.62. The summed E-state index contributed by atoms with van der Waals surface area (Å²) in [5.74, 6) is 0.00805. The van der Waals surface area contributed by atoms with Crippen LogP contribution in [0.2, 0.25) is 0 Å². The molecule has 3 rings (SSSR count). The minimum Gasteiger partial charge on any atom is -0.336 e. The van der Waals surface area contributed by atoms with Crippen LogP contribution in [-0.2, 0) is 0 Å². The van der Waals surface area contributed by atoms with Gasteiger partial charge < -0.3 is 10.2 Å². The van der Waals surface area contributed by atoms with Crippen molar-refractivity contribution in [3.63, 3.8) is 0 Å². The van der Waals surface area contributed by atoms with E-state index >= 15 is 0 Å². The number of carbonyl (C=O) groups is 1. The van der Waals surface area contributed by atoms with Crippen molar-refractivity contribution in [2.24, 2.45) is 0 Å². The number of rotatable bonds is 3. The molecule has 116 valence electrons. The van der Waals surface area contributed by atoms with Crippen LogP contribution in [0.5, 0.6) is 0 Å². The molecule has 0 aliphatic carbocycles. The summed E-state index contributed by atoms with van der Waals surface area (Å²) in [6.45, 7) is 1.56. The number of halogens is 1. The number of hydrogen-bond donors (Lipinski definition) is 1. The Labute approximate surface area is 138 Å². The SMILES string of the molecule is CN[C@H]1CCCN(C(=O)c2ccn(-c3cccc(Br)c3)n2)C1. The zero-order valence-corrected chi connectivity index (χ0v) is 14.1. The molecule has 1 aliphatic heterocycles. The van der Waals surface area contributed by atoms with E-state index in [1.165, 1.54) is 0 Å². The average molecular weight is 363 g/mol. The van der Waals surface area contributed by atoms with Crippen LogP contribution in [-0.4, -0.2) is 46.8 Å². The van der Waals surface area contributed by atoms with Crippen molar-refractivity contribution in [2.45, 2.75) is 18.9 Å². The molecule has 6 heteroatoms. The maximum Gasteiger partial charge on any atom is 0.274 e. The Morgan fingerprint density at radius 2 is 2.27 bits per heavy atom. The van der Waals surface area contributed by atoms with Gasteiger partial charge in [-0.1, -0.05) is 22.0 Å². The third-order valence-corrected chi connectivity index (χ3v) is 4.49. The fraction of sp³-hybridized carbons (Fsp3) is 0.375. The number of piperidine rings is 1. The third-order valence-electron chi connectivity index (χ3n) is 4.00. The van der Waals surface area contributed by atoms with Crippen LogP contribution in [0, 0.1) is 0 Å². The van der Waals surface area contributed by atoms with Gasteiger partial charge in [-0.25, -0.2) is 4.68 Å². The molecule has 1 aliphatic rings. The number of nitrogens with one attached hydrogen (secondary N) is 1. The Hall–Kier alpha value is -1.66. The van der Waals surface area contributed by atoms with Gasteiger partial charge in [0.25, 0.3) is 5.91 Å². The number of benzene rings is 1. The van der Waals surface area contributed by atoms with E-state index in [1.807, 2.05) is 42.4 Å². The molecule has 1 atom stereocenters. The molecule has 1 N–H and O–H groups in total. The van der Waals surface area contributed by atoms with Crippen LogP contribution in [0.25, 0.3) is 5.69 Å². The maximum atomic E-state index is 12.6. The molecule has 1 amide bonds. The first-order chi connectivity index (χ1) is 10.7. The van der Waals surface area contributed by atoms with Crippen LogP contribution in [0.1, 0.15) is 23.3 Å². The van der Waals surface area contributed by atoms with Crippen molar-refractivity contribution in [1.29, 1.82) is 0 Å². The van der Waals surface area contributed by atoms with E-state index < -0.39 is 0 Å². The summed E-state index contributed by atoms with van der Waals surface area (Å²) in [5, 5.41) is 7.68. The zero-order valence-electron chi connectivity index (χ0n) is 12.5. The highest BCUT2D eigenvalue weighted by Gasteiger charge is 2.24. The van der Waals surface area contributed by atoms with Crippen molar-refractivity contribution in [3.8, 4) is 5.69 Å². The summed E-state index contributed by atoms with van der Waals surface area (Å²) in [7, 11) is 1.95. The van der Waals surface area contributed by atoms with Gasteiger partial charge in [0.2, 0.25) is 0 Å². The lowest BCUT2D eigenvalue weighted by Gasteiger charge is -2.32. The van der Waals surface area contributed by atoms with E-state index in [9.17, 15) is 4.79 Å². The number of amides is 1. The second-order valence-corrected chi connectivity index (χ2v) is 6.42. The Morgan fingerprint density at radius 1 is 1.41 bits per heavy atom. The Balaban J connectivity index is 1.77. The quantitative estimate of drug-likeness (QED) is 0.912. The molecule has 1 fully saturated rings. The largest absolute Gasteiger partial charge is 0.336 e. The molecular formula is C16H19BrN4O. The Kier molecular flexibility index (Phi) is 4.59. The lowest BCUT2D eigenvalue weighted by Crippen LogP contribution is -2.47. The fourth-order valence-electron chi connectivity index (χ4n) is 2.76. The number of carbonyl (C=O) groups excluding carboxylic acids is 1. The van der Waals surface area contributed by atoms with Crippen molar-refractivity contribution >= 4 is 21.8 Å². The van der Waals surface area contributed by atoms with Crippen molar-refractivity contribution in [2.75, 3.05) is 20.1 Å². The molecule has 0 bridgehead atoms. The summed E-state index contributed by atoms with van der Waals surface area (Å²) in [5.41, 5.74) is 1.43. The molecule has 2 heterocycles. The highest BCUT2D eigenvalue weighted by Crippen LogP contribution is 2.17. The standard InChI is InChI=1S/C16H19BrN4O/c1-18-13-5-3-8-20(11-13)16(22)15-7-9-21(19-15)14-6-2-4-12(17)10-14/h2,4,6-7,9-10,13,18H,3,5,8,11H2,1H3/t13-/m0/s1. The molecule has 1 saturated heterocycles. The van der Waals surface area contributed by atoms with Crippen LogP contribution < -0.4 is 5.32 Å². The van der Waals surface area contributed by atoms with Crippen molar-refractivity contribution < 1.29 is 4.79 Å². The topological polar surface area (TPSA) is 50.2 Å². The maximum absolute atomic E-state index is 12.6. The number of hydrogen-bond acceptors (Lipinski definition) is 3. The van der Waals surface area contributed by atoms with E-state index in [1.54, 1.807) is 10.7 Å². The lowest BCUT2D eigenvalue weighted by atomic mass is 10.1. The van der Waals surface area contributed by atoms with Crippen LogP contribution >= 0.6 is 15.9 Å². The summed E-state index contributed by atoms with van der Waals surface area (Å²) in [6, 6.07) is 10.0. The van der Waals surface area contributed by atoms with Gasteiger partial charge in [-0.05, 0) is 44.2 Å². The van der Waals surface area contributed by atoms with E-state index in [2.05, 4.69) is 26.3 Å². The number of nitrogens with zero attached hydrogens (tertiary/aromatic N) is 3. The third kappa shape index (κ3) is 3.23.